The highest BCUT2D eigenvalue weighted by atomic mass is 35.5. The average Bonchev–Trinajstić information content (AvgIpc) is 3.16. The lowest BCUT2D eigenvalue weighted by Crippen LogP contribution is -2.36. The van der Waals surface area contributed by atoms with Crippen LogP contribution in [0, 0.1) is 5.82 Å². The molecule has 38 heavy (non-hydrogen) atoms. The Kier molecular flexibility index (Phi) is 8.26. The third-order valence-electron chi connectivity index (χ3n) is 6.34. The lowest BCUT2D eigenvalue weighted by molar-refractivity contribution is -0.144. The molecule has 0 saturated heterocycles. The maximum atomic E-state index is 13.9. The van der Waals surface area contributed by atoms with E-state index < -0.39 is 23.9 Å². The van der Waals surface area contributed by atoms with Gasteiger partial charge in [-0.05, 0) is 61.7 Å². The van der Waals surface area contributed by atoms with Gasteiger partial charge in [-0.25, -0.2) is 4.39 Å². The molecule has 1 unspecified atom stereocenters. The summed E-state index contributed by atoms with van der Waals surface area (Å²) < 4.78 is 26.0. The van der Waals surface area contributed by atoms with Gasteiger partial charge in [0.25, 0.3) is 0 Å². The molecule has 1 heterocycles. The monoisotopic (exact) mass is 539 g/mol. The first-order chi connectivity index (χ1) is 18.0. The average molecular weight is 540 g/mol. The van der Waals surface area contributed by atoms with Crippen molar-refractivity contribution in [3.63, 3.8) is 0 Å². The Morgan fingerprint density at radius 2 is 1.87 bits per heavy atom. The second kappa shape index (κ2) is 11.4. The number of para-hydroxylation sites is 1. The van der Waals surface area contributed by atoms with Gasteiger partial charge in [0.15, 0.2) is 0 Å². The van der Waals surface area contributed by atoms with Crippen molar-refractivity contribution in [2.75, 3.05) is 6.54 Å². The number of carboxylic acids is 1. The number of benzene rings is 3. The quantitative estimate of drug-likeness (QED) is 0.349. The highest BCUT2D eigenvalue weighted by molar-refractivity contribution is 6.30. The number of rotatable bonds is 10. The number of halogens is 2. The molecule has 0 aliphatic carbocycles. The molecule has 0 fully saturated rings. The molecule has 0 aromatic heterocycles. The van der Waals surface area contributed by atoms with Crippen LogP contribution in [0.25, 0.3) is 0 Å². The number of carboxylic acid groups (broad SMARTS) is 1. The number of fused-ring (bicyclic) bond motifs is 1. The fourth-order valence-electron chi connectivity index (χ4n) is 4.76. The minimum atomic E-state index is -1.09. The highest BCUT2D eigenvalue weighted by Crippen LogP contribution is 2.38. The van der Waals surface area contributed by atoms with Crippen molar-refractivity contribution in [2.45, 2.75) is 58.3 Å². The zero-order chi connectivity index (χ0) is 27.4. The van der Waals surface area contributed by atoms with E-state index in [0.29, 0.717) is 18.6 Å². The van der Waals surface area contributed by atoms with Crippen LogP contribution in [0.2, 0.25) is 5.02 Å². The Bertz CT molecular complexity index is 1340. The number of ether oxygens (including phenoxy) is 2. The van der Waals surface area contributed by atoms with Crippen molar-refractivity contribution in [3.8, 4) is 11.5 Å². The van der Waals surface area contributed by atoms with Crippen LogP contribution < -0.4 is 9.47 Å². The van der Waals surface area contributed by atoms with Gasteiger partial charge in [0.2, 0.25) is 5.91 Å². The van der Waals surface area contributed by atoms with Crippen LogP contribution in [0.3, 0.4) is 0 Å². The maximum Gasteiger partial charge on any atom is 0.323 e. The fourth-order valence-corrected chi connectivity index (χ4v) is 4.87. The molecule has 1 aliphatic heterocycles. The normalized spacial score (nSPS) is 16.2. The van der Waals surface area contributed by atoms with E-state index in [1.165, 1.54) is 17.0 Å². The first-order valence-corrected chi connectivity index (χ1v) is 12.9. The van der Waals surface area contributed by atoms with Crippen molar-refractivity contribution in [2.24, 2.45) is 0 Å². The summed E-state index contributed by atoms with van der Waals surface area (Å²) in [5, 5.41) is 9.54. The molecular formula is C30H31ClFNO5. The summed E-state index contributed by atoms with van der Waals surface area (Å²) >= 11 is 5.81. The van der Waals surface area contributed by atoms with E-state index in [0.717, 1.165) is 28.0 Å². The zero-order valence-corrected chi connectivity index (χ0v) is 22.4. The SMILES string of the molecule is CC(C)Oc1ccccc1CN(CC(=O)O)C(=O)Cc1ccc2c(c1)CC(C)(Cc1ccc(Cl)c(F)c1)O2. The van der Waals surface area contributed by atoms with Gasteiger partial charge < -0.3 is 19.5 Å². The second-order valence-electron chi connectivity index (χ2n) is 10.2. The number of nitrogens with zero attached hydrogens (tertiary/aromatic N) is 1. The van der Waals surface area contributed by atoms with Crippen LogP contribution in [0.4, 0.5) is 4.39 Å². The van der Waals surface area contributed by atoms with Gasteiger partial charge in [0.1, 0.15) is 29.5 Å². The zero-order valence-electron chi connectivity index (χ0n) is 21.7. The topological polar surface area (TPSA) is 76.1 Å². The molecule has 1 N–H and O–H groups in total. The van der Waals surface area contributed by atoms with Crippen LogP contribution in [0.5, 0.6) is 11.5 Å². The van der Waals surface area contributed by atoms with Gasteiger partial charge >= 0.3 is 5.97 Å². The van der Waals surface area contributed by atoms with Gasteiger partial charge in [-0.3, -0.25) is 9.59 Å². The first-order valence-electron chi connectivity index (χ1n) is 12.5. The predicted octanol–water partition coefficient (Wildman–Crippen LogP) is 5.86. The number of carbonyl (C=O) groups is 2. The van der Waals surface area contributed by atoms with Crippen molar-refractivity contribution < 1.29 is 28.6 Å². The Labute approximate surface area is 226 Å². The molecule has 1 aliphatic rings. The van der Waals surface area contributed by atoms with Crippen molar-refractivity contribution in [1.29, 1.82) is 0 Å². The Hall–Kier alpha value is -3.58. The van der Waals surface area contributed by atoms with Gasteiger partial charge in [-0.2, -0.15) is 0 Å². The van der Waals surface area contributed by atoms with Crippen LogP contribution in [-0.2, 0) is 35.4 Å². The third kappa shape index (κ3) is 6.84. The largest absolute Gasteiger partial charge is 0.491 e. The van der Waals surface area contributed by atoms with Gasteiger partial charge in [-0.1, -0.05) is 48.0 Å². The highest BCUT2D eigenvalue weighted by Gasteiger charge is 2.35. The Morgan fingerprint density at radius 3 is 2.58 bits per heavy atom. The molecule has 8 heteroatoms. The number of carbonyl (C=O) groups excluding carboxylic acids is 1. The molecule has 6 nitrogen and oxygen atoms in total. The Balaban J connectivity index is 1.47. The number of hydrogen-bond acceptors (Lipinski definition) is 4. The van der Waals surface area contributed by atoms with Crippen molar-refractivity contribution >= 4 is 23.5 Å². The Morgan fingerprint density at radius 1 is 1.13 bits per heavy atom. The lowest BCUT2D eigenvalue weighted by Gasteiger charge is -2.24. The fraction of sp³-hybridized carbons (Fsp3) is 0.333. The molecule has 1 amide bonds. The lowest BCUT2D eigenvalue weighted by atomic mass is 9.91. The van der Waals surface area contributed by atoms with E-state index in [4.69, 9.17) is 21.1 Å². The summed E-state index contributed by atoms with van der Waals surface area (Å²) in [7, 11) is 0. The van der Waals surface area contributed by atoms with Crippen molar-refractivity contribution in [1.82, 2.24) is 4.90 Å². The van der Waals surface area contributed by atoms with Gasteiger partial charge in [0.05, 0.1) is 17.5 Å². The first kappa shape index (κ1) is 27.5. The molecule has 0 radical (unpaired) electrons. The molecule has 0 saturated carbocycles. The smallest absolute Gasteiger partial charge is 0.323 e. The van der Waals surface area contributed by atoms with Crippen molar-refractivity contribution in [3.05, 3.63) is 93.8 Å². The summed E-state index contributed by atoms with van der Waals surface area (Å²) in [6.07, 6.45) is 1.08. The van der Waals surface area contributed by atoms with Crippen LogP contribution in [0.1, 0.15) is 43.0 Å². The van der Waals surface area contributed by atoms with E-state index in [2.05, 4.69) is 0 Å². The number of amides is 1. The standard InChI is InChI=1S/C30H31ClFNO5/c1-19(2)37-26-7-5-4-6-22(26)17-33(18-29(35)36)28(34)14-20-9-11-27-23(12-20)16-30(3,38-27)15-21-8-10-24(31)25(32)13-21/h4-13,19H,14-18H2,1-3H3,(H,35,36). The molecule has 0 spiro atoms. The molecule has 0 bridgehead atoms. The van der Waals surface area contributed by atoms with E-state index in [1.54, 1.807) is 6.07 Å². The summed E-state index contributed by atoms with van der Waals surface area (Å²) in [6.45, 7) is 5.49. The third-order valence-corrected chi connectivity index (χ3v) is 6.64. The summed E-state index contributed by atoms with van der Waals surface area (Å²) in [5.41, 5.74) is 2.67. The molecule has 200 valence electrons. The van der Waals surface area contributed by atoms with E-state index >= 15 is 0 Å². The summed E-state index contributed by atoms with van der Waals surface area (Å²) in [5.74, 6) is -0.503. The summed E-state index contributed by atoms with van der Waals surface area (Å²) in [6, 6.07) is 17.6. The van der Waals surface area contributed by atoms with Crippen LogP contribution in [0.15, 0.2) is 60.7 Å². The van der Waals surface area contributed by atoms with E-state index in [1.807, 2.05) is 63.2 Å². The minimum absolute atomic E-state index is 0.0485. The van der Waals surface area contributed by atoms with Crippen LogP contribution >= 0.6 is 11.6 Å². The minimum Gasteiger partial charge on any atom is -0.491 e. The van der Waals surface area contributed by atoms with Gasteiger partial charge in [0, 0.05) is 24.9 Å². The molecule has 3 aromatic rings. The van der Waals surface area contributed by atoms with Crippen LogP contribution in [-0.4, -0.2) is 40.1 Å². The number of hydrogen-bond donors (Lipinski definition) is 1. The molecular weight excluding hydrogens is 509 g/mol. The predicted molar refractivity (Wildman–Crippen MR) is 143 cm³/mol. The molecule has 1 atom stereocenters. The summed E-state index contributed by atoms with van der Waals surface area (Å²) in [4.78, 5) is 26.1. The number of aliphatic carboxylic acids is 1. The van der Waals surface area contributed by atoms with E-state index in [-0.39, 0.29) is 30.0 Å². The van der Waals surface area contributed by atoms with Gasteiger partial charge in [-0.15, -0.1) is 0 Å². The maximum absolute atomic E-state index is 13.9. The van der Waals surface area contributed by atoms with E-state index in [9.17, 15) is 19.1 Å². The molecule has 3 aromatic carbocycles. The molecule has 4 rings (SSSR count). The second-order valence-corrected chi connectivity index (χ2v) is 10.6.